The first kappa shape index (κ1) is 19.3. The van der Waals surface area contributed by atoms with Gasteiger partial charge in [0.25, 0.3) is 11.6 Å². The largest absolute Gasteiger partial charge is 0.325 e. The van der Waals surface area contributed by atoms with E-state index in [1.807, 2.05) is 6.07 Å². The van der Waals surface area contributed by atoms with Crippen LogP contribution in [0.3, 0.4) is 0 Å². The molecule has 27 heavy (non-hydrogen) atoms. The first-order valence-corrected chi connectivity index (χ1v) is 7.78. The normalized spacial score (nSPS) is 10.6. The zero-order chi connectivity index (χ0) is 19.8. The Morgan fingerprint density at radius 2 is 1.85 bits per heavy atom. The smallest absolute Gasteiger partial charge is 0.282 e. The fourth-order valence-corrected chi connectivity index (χ4v) is 2.19. The van der Waals surface area contributed by atoms with E-state index in [0.29, 0.717) is 11.3 Å². The van der Waals surface area contributed by atoms with Gasteiger partial charge in [0.15, 0.2) is 0 Å². The van der Waals surface area contributed by atoms with E-state index in [2.05, 4.69) is 15.8 Å². The van der Waals surface area contributed by atoms with Gasteiger partial charge in [-0.3, -0.25) is 19.7 Å². The average molecular weight is 365 g/mol. The number of carbonyl (C=O) groups excluding carboxylic acids is 2. The number of carbonyl (C=O) groups is 2. The van der Waals surface area contributed by atoms with E-state index < -0.39 is 16.7 Å². The summed E-state index contributed by atoms with van der Waals surface area (Å²) in [7, 11) is 0. The molecule has 0 unspecified atom stereocenters. The molecular weight excluding hydrogens is 350 g/mol. The lowest BCUT2D eigenvalue weighted by molar-refractivity contribution is -0.385. The molecule has 0 aliphatic rings. The molecule has 2 aromatic rings. The number of nitrogens with one attached hydrogen (secondary N) is 2. The van der Waals surface area contributed by atoms with Crippen LogP contribution in [0.5, 0.6) is 0 Å². The van der Waals surface area contributed by atoms with Crippen LogP contribution in [0.2, 0.25) is 0 Å². The van der Waals surface area contributed by atoms with Crippen molar-refractivity contribution in [2.75, 3.05) is 5.32 Å². The molecule has 9 nitrogen and oxygen atoms in total. The lowest BCUT2D eigenvalue weighted by Gasteiger charge is -2.07. The van der Waals surface area contributed by atoms with Gasteiger partial charge in [-0.2, -0.15) is 10.4 Å². The summed E-state index contributed by atoms with van der Waals surface area (Å²) in [5.41, 5.74) is 2.71. The van der Waals surface area contributed by atoms with Gasteiger partial charge in [-0.05, 0) is 25.1 Å². The third-order valence-corrected chi connectivity index (χ3v) is 3.43. The molecule has 136 valence electrons. The molecule has 2 rings (SSSR count). The molecule has 0 saturated heterocycles. The number of nitro benzene ring substituents is 1. The quantitative estimate of drug-likeness (QED) is 0.460. The van der Waals surface area contributed by atoms with E-state index in [-0.39, 0.29) is 23.4 Å². The molecular formula is C18H15N5O4. The van der Waals surface area contributed by atoms with Crippen LogP contribution in [0.15, 0.2) is 53.6 Å². The van der Waals surface area contributed by atoms with Crippen molar-refractivity contribution >= 4 is 28.9 Å². The molecule has 0 aliphatic carbocycles. The number of nitro groups is 1. The monoisotopic (exact) mass is 365 g/mol. The summed E-state index contributed by atoms with van der Waals surface area (Å²) in [6, 6.07) is 14.0. The second-order valence-corrected chi connectivity index (χ2v) is 5.44. The maximum atomic E-state index is 12.1. The Morgan fingerprint density at radius 3 is 2.56 bits per heavy atom. The molecule has 0 aliphatic heterocycles. The van der Waals surface area contributed by atoms with Crippen molar-refractivity contribution in [2.24, 2.45) is 5.10 Å². The Labute approximate surface area is 154 Å². The fourth-order valence-electron chi connectivity index (χ4n) is 2.19. The first-order chi connectivity index (χ1) is 12.9. The minimum absolute atomic E-state index is 0.128. The van der Waals surface area contributed by atoms with Crippen LogP contribution in [0, 0.1) is 21.4 Å². The van der Waals surface area contributed by atoms with Crippen molar-refractivity contribution in [1.82, 2.24) is 5.43 Å². The van der Waals surface area contributed by atoms with Crippen molar-refractivity contribution < 1.29 is 14.5 Å². The summed E-state index contributed by atoms with van der Waals surface area (Å²) in [6.45, 7) is 1.52. The van der Waals surface area contributed by atoms with Crippen LogP contribution in [0.25, 0.3) is 0 Å². The Kier molecular flexibility index (Phi) is 6.33. The van der Waals surface area contributed by atoms with Gasteiger partial charge in [-0.15, -0.1) is 0 Å². The highest BCUT2D eigenvalue weighted by molar-refractivity contribution is 6.06. The number of para-hydroxylation sites is 2. The first-order valence-electron chi connectivity index (χ1n) is 7.78. The van der Waals surface area contributed by atoms with Crippen LogP contribution >= 0.6 is 0 Å². The molecule has 0 aromatic heterocycles. The lowest BCUT2D eigenvalue weighted by Crippen LogP contribution is -2.22. The van der Waals surface area contributed by atoms with Gasteiger partial charge in [0.1, 0.15) is 11.6 Å². The van der Waals surface area contributed by atoms with Crippen molar-refractivity contribution in [3.05, 3.63) is 69.8 Å². The standard InChI is InChI=1S/C18H15N5O4/c1-12(10-17(24)20-15-8-4-2-6-13(15)11-19)21-22-18(25)14-7-3-5-9-16(14)23(26)27/h2-9H,10H2,1H3,(H,20,24)(H,22,25). The highest BCUT2D eigenvalue weighted by atomic mass is 16.6. The van der Waals surface area contributed by atoms with Crippen molar-refractivity contribution in [3.63, 3.8) is 0 Å². The molecule has 0 saturated carbocycles. The van der Waals surface area contributed by atoms with Crippen LogP contribution in [0.4, 0.5) is 11.4 Å². The molecule has 0 fully saturated rings. The van der Waals surface area contributed by atoms with Crippen LogP contribution < -0.4 is 10.7 Å². The van der Waals surface area contributed by atoms with Gasteiger partial charge in [-0.1, -0.05) is 24.3 Å². The van der Waals surface area contributed by atoms with Crippen LogP contribution in [-0.2, 0) is 4.79 Å². The number of amides is 2. The highest BCUT2D eigenvalue weighted by Crippen LogP contribution is 2.17. The molecule has 0 bridgehead atoms. The summed E-state index contributed by atoms with van der Waals surface area (Å²) in [5, 5.41) is 26.3. The number of hydrogen-bond acceptors (Lipinski definition) is 6. The predicted octanol–water partition coefficient (Wildman–Crippen LogP) is 2.60. The number of hydrogen-bond donors (Lipinski definition) is 2. The Hall–Kier alpha value is -4.06. The zero-order valence-electron chi connectivity index (χ0n) is 14.3. The number of hydrazone groups is 1. The molecule has 9 heteroatoms. The van der Waals surface area contributed by atoms with Gasteiger partial charge in [0.2, 0.25) is 5.91 Å². The average Bonchev–Trinajstić information content (AvgIpc) is 2.66. The molecule has 2 aromatic carbocycles. The minimum Gasteiger partial charge on any atom is -0.325 e. The number of rotatable bonds is 6. The molecule has 0 atom stereocenters. The van der Waals surface area contributed by atoms with Crippen molar-refractivity contribution in [3.8, 4) is 6.07 Å². The van der Waals surface area contributed by atoms with Gasteiger partial charge in [0, 0.05) is 11.8 Å². The Balaban J connectivity index is 2.00. The van der Waals surface area contributed by atoms with E-state index in [9.17, 15) is 19.7 Å². The van der Waals surface area contributed by atoms with Gasteiger partial charge in [-0.25, -0.2) is 5.43 Å². The van der Waals surface area contributed by atoms with E-state index in [1.54, 1.807) is 24.3 Å². The number of anilines is 1. The summed E-state index contributed by atoms with van der Waals surface area (Å²) < 4.78 is 0. The van der Waals surface area contributed by atoms with Gasteiger partial charge in [0.05, 0.1) is 22.6 Å². The second-order valence-electron chi connectivity index (χ2n) is 5.44. The Bertz CT molecular complexity index is 962. The fraction of sp³-hybridized carbons (Fsp3) is 0.111. The topological polar surface area (TPSA) is 137 Å². The number of nitriles is 1. The lowest BCUT2D eigenvalue weighted by atomic mass is 10.2. The number of benzene rings is 2. The van der Waals surface area contributed by atoms with Crippen LogP contribution in [0.1, 0.15) is 29.3 Å². The second kappa shape index (κ2) is 8.87. The van der Waals surface area contributed by atoms with E-state index in [0.717, 1.165) is 0 Å². The van der Waals surface area contributed by atoms with E-state index >= 15 is 0 Å². The van der Waals surface area contributed by atoms with Gasteiger partial charge >= 0.3 is 0 Å². The molecule has 2 amide bonds. The van der Waals surface area contributed by atoms with E-state index in [4.69, 9.17) is 5.26 Å². The van der Waals surface area contributed by atoms with Crippen molar-refractivity contribution in [2.45, 2.75) is 13.3 Å². The summed E-state index contributed by atoms with van der Waals surface area (Å²) in [5.74, 6) is -1.17. The maximum Gasteiger partial charge on any atom is 0.282 e. The maximum absolute atomic E-state index is 12.1. The van der Waals surface area contributed by atoms with Crippen molar-refractivity contribution in [1.29, 1.82) is 5.26 Å². The summed E-state index contributed by atoms with van der Waals surface area (Å²) in [6.07, 6.45) is -0.128. The Morgan fingerprint density at radius 1 is 1.19 bits per heavy atom. The highest BCUT2D eigenvalue weighted by Gasteiger charge is 2.18. The minimum atomic E-state index is -0.753. The van der Waals surface area contributed by atoms with Gasteiger partial charge < -0.3 is 5.32 Å². The molecule has 0 radical (unpaired) electrons. The number of nitrogens with zero attached hydrogens (tertiary/aromatic N) is 3. The zero-order valence-corrected chi connectivity index (χ0v) is 14.3. The molecule has 0 heterocycles. The summed E-state index contributed by atoms with van der Waals surface area (Å²) in [4.78, 5) is 34.4. The van der Waals surface area contributed by atoms with E-state index in [1.165, 1.54) is 31.2 Å². The SMILES string of the molecule is CC(CC(=O)Nc1ccccc1C#N)=NNC(=O)c1ccccc1[N+](=O)[O-]. The summed E-state index contributed by atoms with van der Waals surface area (Å²) >= 11 is 0. The third kappa shape index (κ3) is 5.20. The third-order valence-electron chi connectivity index (χ3n) is 3.43. The predicted molar refractivity (Wildman–Crippen MR) is 98.1 cm³/mol. The molecule has 2 N–H and O–H groups in total. The molecule has 0 spiro atoms. The van der Waals surface area contributed by atoms with Crippen LogP contribution in [-0.4, -0.2) is 22.4 Å².